The molecule has 0 aliphatic heterocycles. The fourth-order valence-corrected chi connectivity index (χ4v) is 3.65. The van der Waals surface area contributed by atoms with E-state index in [-0.39, 0.29) is 5.91 Å². The Bertz CT molecular complexity index is 475. The van der Waals surface area contributed by atoms with E-state index in [4.69, 9.17) is 0 Å². The van der Waals surface area contributed by atoms with Gasteiger partial charge in [-0.3, -0.25) is 9.69 Å². The molecule has 3 heteroatoms. The Morgan fingerprint density at radius 3 is 2.38 bits per heavy atom. The molecule has 0 aromatic heterocycles. The van der Waals surface area contributed by atoms with Crippen LogP contribution in [0.25, 0.3) is 0 Å². The topological polar surface area (TPSA) is 32.3 Å². The Labute approximate surface area is 147 Å². The molecule has 0 saturated carbocycles. The first kappa shape index (κ1) is 19.0. The molecule has 0 atom stereocenters. The van der Waals surface area contributed by atoms with Crippen molar-refractivity contribution >= 4 is 5.91 Å². The smallest absolute Gasteiger partial charge is 0.219 e. The number of hydrogen-bond acceptors (Lipinski definition) is 2. The van der Waals surface area contributed by atoms with Crippen LogP contribution < -0.4 is 5.32 Å². The molecule has 0 unspecified atom stereocenters. The molecule has 3 nitrogen and oxygen atoms in total. The lowest BCUT2D eigenvalue weighted by atomic mass is 10.1. The Balaban J connectivity index is 1.68. The Kier molecular flexibility index (Phi) is 8.31. The summed E-state index contributed by atoms with van der Waals surface area (Å²) < 4.78 is 0. The predicted octanol–water partition coefficient (Wildman–Crippen LogP) is 3.95. The standard InChI is InChI=1S/C21H34N2O/c1-3-5-12-21(24)22-13-8-9-15-23(14-4-2)20-16-18-10-6-7-11-19(18)17-20/h6-7,10-11,20H,3-5,8-9,12-17H2,1-2H3,(H,22,24). The quantitative estimate of drug-likeness (QED) is 0.623. The van der Waals surface area contributed by atoms with E-state index >= 15 is 0 Å². The second-order valence-electron chi connectivity index (χ2n) is 7.03. The van der Waals surface area contributed by atoms with Crippen LogP contribution in [-0.2, 0) is 17.6 Å². The molecule has 0 heterocycles. The third kappa shape index (κ3) is 5.94. The van der Waals surface area contributed by atoms with Crippen molar-refractivity contribution in [3.8, 4) is 0 Å². The van der Waals surface area contributed by atoms with E-state index in [0.717, 1.165) is 32.4 Å². The molecule has 0 fully saturated rings. The number of rotatable bonds is 11. The molecule has 0 radical (unpaired) electrons. The molecule has 1 aliphatic carbocycles. The molecule has 1 aliphatic rings. The number of carbonyl (C=O) groups is 1. The average Bonchev–Trinajstić information content (AvgIpc) is 3.02. The van der Waals surface area contributed by atoms with E-state index in [1.807, 2.05) is 0 Å². The predicted molar refractivity (Wildman–Crippen MR) is 101 cm³/mol. The minimum absolute atomic E-state index is 0.216. The first-order valence-corrected chi connectivity index (χ1v) is 9.82. The Morgan fingerprint density at radius 2 is 1.75 bits per heavy atom. The third-order valence-corrected chi connectivity index (χ3v) is 5.01. The molecule has 24 heavy (non-hydrogen) atoms. The summed E-state index contributed by atoms with van der Waals surface area (Å²) in [7, 11) is 0. The van der Waals surface area contributed by atoms with Crippen molar-refractivity contribution in [2.45, 2.75) is 71.3 Å². The lowest BCUT2D eigenvalue weighted by molar-refractivity contribution is -0.121. The maximum atomic E-state index is 11.6. The molecule has 134 valence electrons. The second kappa shape index (κ2) is 10.5. The van der Waals surface area contributed by atoms with Crippen LogP contribution in [-0.4, -0.2) is 36.5 Å². The number of unbranched alkanes of at least 4 members (excludes halogenated alkanes) is 2. The number of nitrogens with zero attached hydrogens (tertiary/aromatic N) is 1. The first-order valence-electron chi connectivity index (χ1n) is 9.82. The highest BCUT2D eigenvalue weighted by atomic mass is 16.1. The Hall–Kier alpha value is -1.35. The number of amides is 1. The van der Waals surface area contributed by atoms with E-state index in [9.17, 15) is 4.79 Å². The second-order valence-corrected chi connectivity index (χ2v) is 7.03. The molecule has 0 spiro atoms. The zero-order valence-corrected chi connectivity index (χ0v) is 15.5. The summed E-state index contributed by atoms with van der Waals surface area (Å²) in [5.74, 6) is 0.216. The van der Waals surface area contributed by atoms with Crippen LogP contribution in [0.1, 0.15) is 63.5 Å². The molecule has 1 aromatic rings. The van der Waals surface area contributed by atoms with Crippen molar-refractivity contribution in [3.63, 3.8) is 0 Å². The molecular formula is C21H34N2O. The van der Waals surface area contributed by atoms with Gasteiger partial charge in [-0.2, -0.15) is 0 Å². The summed E-state index contributed by atoms with van der Waals surface area (Å²) >= 11 is 0. The first-order chi connectivity index (χ1) is 11.7. The van der Waals surface area contributed by atoms with Gasteiger partial charge in [-0.1, -0.05) is 44.5 Å². The monoisotopic (exact) mass is 330 g/mol. The lowest BCUT2D eigenvalue weighted by Gasteiger charge is -2.28. The van der Waals surface area contributed by atoms with Crippen molar-refractivity contribution in [2.24, 2.45) is 0 Å². The highest BCUT2D eigenvalue weighted by molar-refractivity contribution is 5.75. The van der Waals surface area contributed by atoms with E-state index in [0.29, 0.717) is 12.5 Å². The van der Waals surface area contributed by atoms with E-state index in [1.54, 1.807) is 0 Å². The van der Waals surface area contributed by atoms with Gasteiger partial charge >= 0.3 is 0 Å². The summed E-state index contributed by atoms with van der Waals surface area (Å²) in [4.78, 5) is 14.3. The number of benzene rings is 1. The van der Waals surface area contributed by atoms with Gasteiger partial charge in [0.2, 0.25) is 5.91 Å². The number of carbonyl (C=O) groups excluding carboxylic acids is 1. The van der Waals surface area contributed by atoms with Crippen molar-refractivity contribution in [2.75, 3.05) is 19.6 Å². The molecule has 0 bridgehead atoms. The normalized spacial score (nSPS) is 14.1. The third-order valence-electron chi connectivity index (χ3n) is 5.01. The highest BCUT2D eigenvalue weighted by Gasteiger charge is 2.25. The van der Waals surface area contributed by atoms with Crippen molar-refractivity contribution < 1.29 is 4.79 Å². The summed E-state index contributed by atoms with van der Waals surface area (Å²) in [6.45, 7) is 7.55. The zero-order chi connectivity index (χ0) is 17.2. The minimum atomic E-state index is 0.216. The van der Waals surface area contributed by atoms with Crippen LogP contribution >= 0.6 is 0 Å². The summed E-state index contributed by atoms with van der Waals surface area (Å²) in [6.07, 6.45) is 8.62. The minimum Gasteiger partial charge on any atom is -0.356 e. The summed E-state index contributed by atoms with van der Waals surface area (Å²) in [5.41, 5.74) is 3.07. The van der Waals surface area contributed by atoms with Gasteiger partial charge in [-0.25, -0.2) is 0 Å². The lowest BCUT2D eigenvalue weighted by Crippen LogP contribution is -2.37. The molecule has 0 saturated heterocycles. The molecule has 1 aromatic carbocycles. The van der Waals surface area contributed by atoms with Crippen LogP contribution in [0.3, 0.4) is 0 Å². The van der Waals surface area contributed by atoms with Gasteiger partial charge in [-0.15, -0.1) is 0 Å². The van der Waals surface area contributed by atoms with E-state index in [1.165, 1.54) is 43.4 Å². The van der Waals surface area contributed by atoms with Gasteiger partial charge in [0.1, 0.15) is 0 Å². The van der Waals surface area contributed by atoms with Crippen LogP contribution in [0.2, 0.25) is 0 Å². The number of fused-ring (bicyclic) bond motifs is 1. The maximum Gasteiger partial charge on any atom is 0.219 e. The highest BCUT2D eigenvalue weighted by Crippen LogP contribution is 2.25. The van der Waals surface area contributed by atoms with Gasteiger partial charge in [0, 0.05) is 19.0 Å². The summed E-state index contributed by atoms with van der Waals surface area (Å²) in [6, 6.07) is 9.55. The van der Waals surface area contributed by atoms with E-state index in [2.05, 4.69) is 48.3 Å². The van der Waals surface area contributed by atoms with Gasteiger partial charge < -0.3 is 5.32 Å². The van der Waals surface area contributed by atoms with Gasteiger partial charge in [0.15, 0.2) is 0 Å². The van der Waals surface area contributed by atoms with Gasteiger partial charge in [-0.05, 0) is 62.7 Å². The van der Waals surface area contributed by atoms with E-state index < -0.39 is 0 Å². The fourth-order valence-electron chi connectivity index (χ4n) is 3.65. The molecular weight excluding hydrogens is 296 g/mol. The van der Waals surface area contributed by atoms with Gasteiger partial charge in [0.25, 0.3) is 0 Å². The van der Waals surface area contributed by atoms with Crippen LogP contribution in [0.15, 0.2) is 24.3 Å². The molecule has 1 N–H and O–H groups in total. The SMILES string of the molecule is CCCCC(=O)NCCCCN(CCC)C1Cc2ccccc2C1. The Morgan fingerprint density at radius 1 is 1.04 bits per heavy atom. The zero-order valence-electron chi connectivity index (χ0n) is 15.5. The number of hydrogen-bond donors (Lipinski definition) is 1. The van der Waals surface area contributed by atoms with Crippen LogP contribution in [0.4, 0.5) is 0 Å². The van der Waals surface area contributed by atoms with Crippen molar-refractivity contribution in [1.82, 2.24) is 10.2 Å². The molecule has 1 amide bonds. The average molecular weight is 331 g/mol. The molecule has 2 rings (SSSR count). The van der Waals surface area contributed by atoms with Crippen molar-refractivity contribution in [3.05, 3.63) is 35.4 Å². The van der Waals surface area contributed by atoms with Crippen molar-refractivity contribution in [1.29, 1.82) is 0 Å². The summed E-state index contributed by atoms with van der Waals surface area (Å²) in [5, 5.41) is 3.05. The van der Waals surface area contributed by atoms with Crippen LogP contribution in [0.5, 0.6) is 0 Å². The fraction of sp³-hybridized carbons (Fsp3) is 0.667. The van der Waals surface area contributed by atoms with Gasteiger partial charge in [0.05, 0.1) is 0 Å². The van der Waals surface area contributed by atoms with Crippen LogP contribution in [0, 0.1) is 0 Å². The largest absolute Gasteiger partial charge is 0.356 e. The number of nitrogens with one attached hydrogen (secondary N) is 1. The maximum absolute atomic E-state index is 11.6.